The van der Waals surface area contributed by atoms with Crippen LogP contribution in [0.15, 0.2) is 79.3 Å². The lowest BCUT2D eigenvalue weighted by Crippen LogP contribution is -2.62. The van der Waals surface area contributed by atoms with Gasteiger partial charge in [0.15, 0.2) is 0 Å². The van der Waals surface area contributed by atoms with Crippen molar-refractivity contribution in [1.29, 1.82) is 0 Å². The van der Waals surface area contributed by atoms with Crippen LogP contribution >= 0.6 is 11.6 Å². The second-order valence-electron chi connectivity index (χ2n) is 12.5. The third-order valence-electron chi connectivity index (χ3n) is 9.47. The molecule has 0 aliphatic carbocycles. The molecule has 15 heteroatoms. The summed E-state index contributed by atoms with van der Waals surface area (Å²) in [5.41, 5.74) is 3.31. The molecule has 3 atom stereocenters. The molecule has 2 aliphatic heterocycles. The number of anilines is 1. The number of hydrogen-bond acceptors (Lipinski definition) is 8. The number of nitrogens with zero attached hydrogens (tertiary/aromatic N) is 8. The summed E-state index contributed by atoms with van der Waals surface area (Å²) in [6, 6.07) is 15.6. The first kappa shape index (κ1) is 33.0. The molecule has 50 heavy (non-hydrogen) atoms. The molecule has 2 N–H and O–H groups in total. The van der Waals surface area contributed by atoms with E-state index in [0.29, 0.717) is 54.6 Å². The zero-order valence-corrected chi connectivity index (χ0v) is 27.9. The first-order valence-corrected chi connectivity index (χ1v) is 16.6. The third-order valence-corrected chi connectivity index (χ3v) is 9.71. The Balaban J connectivity index is 1.25. The Morgan fingerprint density at radius 1 is 1.02 bits per heavy atom. The van der Waals surface area contributed by atoms with Crippen molar-refractivity contribution in [2.75, 3.05) is 38.0 Å². The van der Waals surface area contributed by atoms with Gasteiger partial charge in [-0.1, -0.05) is 23.7 Å². The lowest BCUT2D eigenvalue weighted by atomic mass is 9.80. The van der Waals surface area contributed by atoms with E-state index < -0.39 is 23.7 Å². The summed E-state index contributed by atoms with van der Waals surface area (Å²) < 4.78 is 15.6. The summed E-state index contributed by atoms with van der Waals surface area (Å²) >= 11 is 6.34. The fourth-order valence-electron chi connectivity index (χ4n) is 6.93. The van der Waals surface area contributed by atoms with Crippen molar-refractivity contribution in [3.8, 4) is 5.69 Å². The molecule has 2 fully saturated rings. The normalized spacial score (nSPS) is 20.0. The van der Waals surface area contributed by atoms with E-state index in [1.54, 1.807) is 60.5 Å². The number of fused-ring (bicyclic) bond motifs is 1. The zero-order valence-electron chi connectivity index (χ0n) is 27.1. The Bertz CT molecular complexity index is 2040. The summed E-state index contributed by atoms with van der Waals surface area (Å²) in [5, 5.41) is 22.7. The number of carbonyl (C=O) groups is 3. The van der Waals surface area contributed by atoms with Gasteiger partial charge in [0.2, 0.25) is 17.7 Å². The average Bonchev–Trinajstić information content (AvgIpc) is 3.83. The second-order valence-corrected chi connectivity index (χ2v) is 12.9. The Hall–Kier alpha value is -5.47. The number of rotatable bonds is 7. The maximum Gasteiger partial charge on any atom is 0.247 e. The smallest absolute Gasteiger partial charge is 0.247 e. The topological polar surface area (TPSA) is 145 Å². The van der Waals surface area contributed by atoms with Gasteiger partial charge in [-0.2, -0.15) is 9.78 Å². The monoisotopic (exact) mass is 696 g/mol. The van der Waals surface area contributed by atoms with Crippen molar-refractivity contribution in [1.82, 2.24) is 45.1 Å². The van der Waals surface area contributed by atoms with E-state index in [9.17, 15) is 18.8 Å². The first-order chi connectivity index (χ1) is 24.2. The second kappa shape index (κ2) is 14.2. The highest BCUT2D eigenvalue weighted by Gasteiger charge is 2.45. The molecule has 3 aromatic carbocycles. The number of nitrogens with one attached hydrogen (secondary N) is 2. The minimum Gasteiger partial charge on any atom is -0.340 e. The summed E-state index contributed by atoms with van der Waals surface area (Å²) in [6.45, 7) is 4.20. The van der Waals surface area contributed by atoms with Crippen molar-refractivity contribution >= 4 is 52.0 Å². The highest BCUT2D eigenvalue weighted by molar-refractivity contribution is 6.30. The minimum atomic E-state index is -0.939. The van der Waals surface area contributed by atoms with Gasteiger partial charge in [-0.15, -0.1) is 5.10 Å². The van der Waals surface area contributed by atoms with Crippen LogP contribution in [-0.4, -0.2) is 108 Å². The van der Waals surface area contributed by atoms with Gasteiger partial charge in [-0.05, 0) is 77.0 Å². The van der Waals surface area contributed by atoms with Crippen LogP contribution in [0, 0.1) is 5.82 Å². The van der Waals surface area contributed by atoms with Crippen LogP contribution in [0.25, 0.3) is 22.7 Å². The van der Waals surface area contributed by atoms with Crippen molar-refractivity contribution in [2.24, 2.45) is 0 Å². The largest absolute Gasteiger partial charge is 0.340 e. The van der Waals surface area contributed by atoms with E-state index >= 15 is 0 Å². The number of carbonyl (C=O) groups excluding carboxylic acids is 3. The standard InChI is InChI=1S/C35H34ClFN10O3/c1-22(48)44-12-14-45(15-13-44)29-18-30(23-2-6-27(37)7-3-23)34(35(50)40-28-8-9-31-25(17-28)19-38-41-31)46(20-29)33(49)11-4-24-16-26(36)5-10-32(24)47-21-39-42-43-47/h2-11,16-17,19,21,29-30,34H,12-15,18,20H2,1H3,(H,38,41)(H,40,50). The van der Waals surface area contributed by atoms with E-state index in [4.69, 9.17) is 11.6 Å². The lowest BCUT2D eigenvalue weighted by Gasteiger charge is -2.48. The van der Waals surface area contributed by atoms with Crippen molar-refractivity contribution < 1.29 is 18.8 Å². The first-order valence-electron chi connectivity index (χ1n) is 16.2. The van der Waals surface area contributed by atoms with E-state index in [0.717, 1.165) is 16.5 Å². The van der Waals surface area contributed by atoms with Gasteiger partial charge in [0.25, 0.3) is 0 Å². The molecule has 7 rings (SSSR count). The molecule has 256 valence electrons. The van der Waals surface area contributed by atoms with Crippen LogP contribution < -0.4 is 5.32 Å². The number of aromatic nitrogens is 6. The third kappa shape index (κ3) is 6.98. The number of likely N-dealkylation sites (tertiary alicyclic amines) is 1. The lowest BCUT2D eigenvalue weighted by molar-refractivity contribution is -0.140. The molecule has 3 unspecified atom stereocenters. The van der Waals surface area contributed by atoms with Crippen molar-refractivity contribution in [2.45, 2.75) is 31.3 Å². The quantitative estimate of drug-likeness (QED) is 0.244. The molecular weight excluding hydrogens is 663 g/mol. The number of aromatic amines is 1. The van der Waals surface area contributed by atoms with Crippen molar-refractivity contribution in [3.05, 3.63) is 101 Å². The van der Waals surface area contributed by atoms with Crippen LogP contribution in [0.5, 0.6) is 0 Å². The van der Waals surface area contributed by atoms with Crippen LogP contribution in [0.4, 0.5) is 10.1 Å². The molecule has 4 heterocycles. The van der Waals surface area contributed by atoms with E-state index in [1.165, 1.54) is 29.2 Å². The minimum absolute atomic E-state index is 0.0202. The van der Waals surface area contributed by atoms with E-state index in [1.807, 2.05) is 17.0 Å². The van der Waals surface area contributed by atoms with Crippen molar-refractivity contribution in [3.63, 3.8) is 0 Å². The predicted molar refractivity (Wildman–Crippen MR) is 185 cm³/mol. The molecule has 2 saturated heterocycles. The Kier molecular flexibility index (Phi) is 9.37. The van der Waals surface area contributed by atoms with Crippen LogP contribution in [0.2, 0.25) is 5.02 Å². The molecule has 2 aromatic heterocycles. The molecule has 5 aromatic rings. The van der Waals surface area contributed by atoms with Gasteiger partial charge >= 0.3 is 0 Å². The molecular formula is C35H34ClFN10O3. The highest BCUT2D eigenvalue weighted by atomic mass is 35.5. The van der Waals surface area contributed by atoms with Gasteiger partial charge in [0.05, 0.1) is 17.4 Å². The number of tetrazole rings is 1. The molecule has 13 nitrogen and oxygen atoms in total. The summed E-state index contributed by atoms with van der Waals surface area (Å²) in [5.74, 6) is -1.62. The van der Waals surface area contributed by atoms with Crippen LogP contribution in [0.1, 0.15) is 30.4 Å². The summed E-state index contributed by atoms with van der Waals surface area (Å²) in [4.78, 5) is 46.6. The number of amides is 3. The van der Waals surface area contributed by atoms with Gasteiger partial charge in [-0.25, -0.2) is 4.39 Å². The Morgan fingerprint density at radius 3 is 2.56 bits per heavy atom. The number of H-pyrrole nitrogens is 1. The maximum absolute atomic E-state index is 14.4. The number of hydrogen-bond donors (Lipinski definition) is 2. The molecule has 0 bridgehead atoms. The average molecular weight is 697 g/mol. The van der Waals surface area contributed by atoms with Gasteiger partial charge in [-0.3, -0.25) is 24.4 Å². The number of halogens is 2. The molecule has 2 aliphatic rings. The van der Waals surface area contributed by atoms with E-state index in [-0.39, 0.29) is 24.4 Å². The van der Waals surface area contributed by atoms with Gasteiger partial charge in [0.1, 0.15) is 18.2 Å². The molecule has 3 amide bonds. The number of piperidine rings is 1. The fourth-order valence-corrected chi connectivity index (χ4v) is 7.11. The SMILES string of the molecule is CC(=O)N1CCN(C2CC(c3ccc(F)cc3)C(C(=O)Nc3ccc4[nH]ncc4c3)N(C(=O)C=Cc3cc(Cl)ccc3-n3cnnn3)C2)CC1. The number of benzene rings is 3. The van der Waals surface area contributed by atoms with Gasteiger partial charge < -0.3 is 15.1 Å². The van der Waals surface area contributed by atoms with Gasteiger partial charge in [0, 0.05) is 79.3 Å². The molecule has 0 radical (unpaired) electrons. The maximum atomic E-state index is 14.4. The fraction of sp³-hybridized carbons (Fsp3) is 0.286. The van der Waals surface area contributed by atoms with E-state index in [2.05, 4.69) is 35.9 Å². The summed E-state index contributed by atoms with van der Waals surface area (Å²) in [6.07, 6.45) is 6.71. The highest BCUT2D eigenvalue weighted by Crippen LogP contribution is 2.37. The van der Waals surface area contributed by atoms with Crippen LogP contribution in [0.3, 0.4) is 0 Å². The summed E-state index contributed by atoms with van der Waals surface area (Å²) in [7, 11) is 0. The number of piperazine rings is 1. The molecule has 0 spiro atoms. The predicted octanol–water partition coefficient (Wildman–Crippen LogP) is 3.90. The zero-order chi connectivity index (χ0) is 34.8. The Labute approximate surface area is 291 Å². The van der Waals surface area contributed by atoms with Crippen LogP contribution in [-0.2, 0) is 14.4 Å². The Morgan fingerprint density at radius 2 is 1.82 bits per heavy atom. The molecule has 0 saturated carbocycles.